The molecule has 6 nitrogen and oxygen atoms in total. The number of halogens is 1. The minimum atomic E-state index is 0.134. The number of benzene rings is 1. The summed E-state index contributed by atoms with van der Waals surface area (Å²) in [6.07, 6.45) is 2.95. The van der Waals surface area contributed by atoms with Crippen LogP contribution in [0.1, 0.15) is 42.3 Å². The molecule has 3 aromatic rings. The van der Waals surface area contributed by atoms with Gasteiger partial charge in [-0.25, -0.2) is 4.98 Å². The van der Waals surface area contributed by atoms with Gasteiger partial charge in [0.2, 0.25) is 5.91 Å². The maximum absolute atomic E-state index is 12.6. The van der Waals surface area contributed by atoms with Gasteiger partial charge in [0.1, 0.15) is 11.6 Å². The van der Waals surface area contributed by atoms with Gasteiger partial charge in [-0.15, -0.1) is 0 Å². The van der Waals surface area contributed by atoms with Crippen molar-refractivity contribution < 1.29 is 9.32 Å². The van der Waals surface area contributed by atoms with Crippen molar-refractivity contribution in [2.45, 2.75) is 38.5 Å². The number of H-pyrrole nitrogens is 1. The molecule has 1 aliphatic rings. The van der Waals surface area contributed by atoms with Gasteiger partial charge < -0.3 is 14.4 Å². The topological polar surface area (TPSA) is 75.0 Å². The van der Waals surface area contributed by atoms with Crippen molar-refractivity contribution in [3.8, 4) is 0 Å². The lowest BCUT2D eigenvalue weighted by molar-refractivity contribution is -0.132. The molecule has 26 heavy (non-hydrogen) atoms. The lowest BCUT2D eigenvalue weighted by atomic mass is 9.97. The number of nitrogens with zero attached hydrogens (tertiary/aromatic N) is 3. The van der Waals surface area contributed by atoms with Gasteiger partial charge in [0.05, 0.1) is 11.0 Å². The summed E-state index contributed by atoms with van der Waals surface area (Å²) in [4.78, 5) is 22.8. The van der Waals surface area contributed by atoms with Crippen molar-refractivity contribution in [1.82, 2.24) is 20.0 Å². The quantitative estimate of drug-likeness (QED) is 0.754. The standard InChI is InChI=1S/C19H21ClN4O2/c1-12-4-2-6-15-18(12)22-19(21-15)13-5-3-9-24(11-13)17(25)8-7-14-10-16(20)23-26-14/h2,4,6,10,13H,3,5,7-9,11H2,1H3,(H,21,22). The van der Waals surface area contributed by atoms with Crippen molar-refractivity contribution >= 4 is 28.5 Å². The number of hydrogen-bond acceptors (Lipinski definition) is 4. The molecule has 2 aromatic heterocycles. The largest absolute Gasteiger partial charge is 0.360 e. The van der Waals surface area contributed by atoms with E-state index in [9.17, 15) is 4.79 Å². The van der Waals surface area contributed by atoms with Crippen LogP contribution >= 0.6 is 11.6 Å². The summed E-state index contributed by atoms with van der Waals surface area (Å²) in [6, 6.07) is 7.81. The zero-order valence-corrected chi connectivity index (χ0v) is 15.4. The molecular formula is C19H21ClN4O2. The molecule has 136 valence electrons. The van der Waals surface area contributed by atoms with E-state index in [0.29, 0.717) is 30.3 Å². The molecule has 1 amide bonds. The summed E-state index contributed by atoms with van der Waals surface area (Å²) in [5, 5.41) is 3.96. The highest BCUT2D eigenvalue weighted by Crippen LogP contribution is 2.28. The Bertz CT molecular complexity index is 933. The van der Waals surface area contributed by atoms with Crippen LogP contribution in [0.15, 0.2) is 28.8 Å². The van der Waals surface area contributed by atoms with Gasteiger partial charge in [0.15, 0.2) is 5.15 Å². The van der Waals surface area contributed by atoms with Gasteiger partial charge in [-0.1, -0.05) is 28.9 Å². The molecule has 1 fully saturated rings. The number of aromatic nitrogens is 3. The number of amides is 1. The Hall–Kier alpha value is -2.34. The van der Waals surface area contributed by atoms with E-state index in [2.05, 4.69) is 23.1 Å². The fraction of sp³-hybridized carbons (Fsp3) is 0.421. The van der Waals surface area contributed by atoms with E-state index in [4.69, 9.17) is 21.1 Å². The van der Waals surface area contributed by atoms with Crippen LogP contribution in [0.5, 0.6) is 0 Å². The Labute approximate surface area is 156 Å². The maximum Gasteiger partial charge on any atom is 0.223 e. The molecule has 0 bridgehead atoms. The van der Waals surface area contributed by atoms with E-state index in [1.54, 1.807) is 6.07 Å². The molecule has 0 saturated carbocycles. The molecule has 1 aliphatic heterocycles. The first-order valence-corrected chi connectivity index (χ1v) is 9.32. The van der Waals surface area contributed by atoms with Crippen molar-refractivity contribution in [3.05, 3.63) is 46.6 Å². The second kappa shape index (κ2) is 7.11. The third kappa shape index (κ3) is 3.46. The Morgan fingerprint density at radius 1 is 1.46 bits per heavy atom. The van der Waals surface area contributed by atoms with Crippen LogP contribution in [0.2, 0.25) is 5.15 Å². The van der Waals surface area contributed by atoms with Crippen LogP contribution in [0.25, 0.3) is 11.0 Å². The third-order valence-electron chi connectivity index (χ3n) is 5.01. The van der Waals surface area contributed by atoms with Crippen LogP contribution in [-0.4, -0.2) is 39.0 Å². The highest BCUT2D eigenvalue weighted by atomic mass is 35.5. The molecular weight excluding hydrogens is 352 g/mol. The number of nitrogens with one attached hydrogen (secondary N) is 1. The zero-order chi connectivity index (χ0) is 18.1. The number of piperidine rings is 1. The predicted molar refractivity (Wildman–Crippen MR) is 99.2 cm³/mol. The minimum Gasteiger partial charge on any atom is -0.360 e. The SMILES string of the molecule is Cc1cccc2[nH]c(C3CCCN(C(=O)CCc4cc(Cl)no4)C3)nc12. The first kappa shape index (κ1) is 17.1. The summed E-state index contributed by atoms with van der Waals surface area (Å²) in [5.74, 6) is 2.01. The molecule has 7 heteroatoms. The highest BCUT2D eigenvalue weighted by Gasteiger charge is 2.27. The Kier molecular flexibility index (Phi) is 4.68. The Morgan fingerprint density at radius 3 is 3.12 bits per heavy atom. The molecule has 0 radical (unpaired) electrons. The van der Waals surface area contributed by atoms with E-state index < -0.39 is 0 Å². The molecule has 0 spiro atoms. The van der Waals surface area contributed by atoms with E-state index in [1.807, 2.05) is 17.0 Å². The molecule has 4 rings (SSSR count). The fourth-order valence-corrected chi connectivity index (χ4v) is 3.76. The van der Waals surface area contributed by atoms with Crippen LogP contribution < -0.4 is 0 Å². The second-order valence-electron chi connectivity index (χ2n) is 6.89. The van der Waals surface area contributed by atoms with Gasteiger partial charge in [-0.2, -0.15) is 0 Å². The van der Waals surface area contributed by atoms with Crippen molar-refractivity contribution in [2.75, 3.05) is 13.1 Å². The molecule has 1 atom stereocenters. The zero-order valence-electron chi connectivity index (χ0n) is 14.7. The lowest BCUT2D eigenvalue weighted by Crippen LogP contribution is -2.39. The fourth-order valence-electron chi connectivity index (χ4n) is 3.61. The average molecular weight is 373 g/mol. The van der Waals surface area contributed by atoms with Crippen molar-refractivity contribution in [1.29, 1.82) is 0 Å². The summed E-state index contributed by atoms with van der Waals surface area (Å²) in [7, 11) is 0. The van der Waals surface area contributed by atoms with Crippen LogP contribution in [0.4, 0.5) is 0 Å². The number of carbonyl (C=O) groups excluding carboxylic acids is 1. The first-order chi connectivity index (χ1) is 12.6. The number of fused-ring (bicyclic) bond motifs is 1. The number of aromatic amines is 1. The number of aryl methyl sites for hydroxylation is 2. The summed E-state index contributed by atoms with van der Waals surface area (Å²) in [5.41, 5.74) is 3.25. The van der Waals surface area contributed by atoms with E-state index in [-0.39, 0.29) is 11.8 Å². The monoisotopic (exact) mass is 372 g/mol. The molecule has 1 N–H and O–H groups in total. The molecule has 0 aliphatic carbocycles. The first-order valence-electron chi connectivity index (χ1n) is 8.94. The van der Waals surface area contributed by atoms with Gasteiger partial charge in [0, 0.05) is 37.9 Å². The summed E-state index contributed by atoms with van der Waals surface area (Å²) < 4.78 is 5.07. The number of imidazole rings is 1. The Morgan fingerprint density at radius 2 is 2.35 bits per heavy atom. The highest BCUT2D eigenvalue weighted by molar-refractivity contribution is 6.29. The number of para-hydroxylation sites is 1. The van der Waals surface area contributed by atoms with Crippen LogP contribution in [-0.2, 0) is 11.2 Å². The number of carbonyl (C=O) groups is 1. The van der Waals surface area contributed by atoms with Crippen LogP contribution in [0, 0.1) is 6.92 Å². The number of likely N-dealkylation sites (tertiary alicyclic amines) is 1. The van der Waals surface area contributed by atoms with Gasteiger partial charge in [0.25, 0.3) is 0 Å². The minimum absolute atomic E-state index is 0.134. The van der Waals surface area contributed by atoms with Gasteiger partial charge in [-0.05, 0) is 31.4 Å². The van der Waals surface area contributed by atoms with E-state index in [1.165, 1.54) is 5.56 Å². The van der Waals surface area contributed by atoms with Crippen LogP contribution in [0.3, 0.4) is 0 Å². The van der Waals surface area contributed by atoms with E-state index in [0.717, 1.165) is 36.2 Å². The van der Waals surface area contributed by atoms with E-state index >= 15 is 0 Å². The third-order valence-corrected chi connectivity index (χ3v) is 5.19. The summed E-state index contributed by atoms with van der Waals surface area (Å²) >= 11 is 5.75. The second-order valence-corrected chi connectivity index (χ2v) is 7.28. The Balaban J connectivity index is 1.42. The average Bonchev–Trinajstić information content (AvgIpc) is 3.27. The molecule has 1 aromatic carbocycles. The molecule has 3 heterocycles. The number of rotatable bonds is 4. The summed E-state index contributed by atoms with van der Waals surface area (Å²) in [6.45, 7) is 3.57. The smallest absolute Gasteiger partial charge is 0.223 e. The number of hydrogen-bond donors (Lipinski definition) is 1. The van der Waals surface area contributed by atoms with Gasteiger partial charge in [-0.3, -0.25) is 4.79 Å². The molecule has 1 unspecified atom stereocenters. The molecule has 1 saturated heterocycles. The van der Waals surface area contributed by atoms with Crippen molar-refractivity contribution in [3.63, 3.8) is 0 Å². The van der Waals surface area contributed by atoms with Gasteiger partial charge >= 0.3 is 0 Å². The maximum atomic E-state index is 12.6. The predicted octanol–water partition coefficient (Wildman–Crippen LogP) is 3.85. The normalized spacial score (nSPS) is 17.8. The van der Waals surface area contributed by atoms with Crippen molar-refractivity contribution in [2.24, 2.45) is 0 Å². The lowest BCUT2D eigenvalue weighted by Gasteiger charge is -2.31.